The minimum absolute atomic E-state index is 0.158. The molecule has 0 saturated heterocycles. The van der Waals surface area contributed by atoms with Crippen molar-refractivity contribution < 1.29 is 4.79 Å². The Morgan fingerprint density at radius 2 is 2.21 bits per heavy atom. The predicted molar refractivity (Wildman–Crippen MR) is 57.4 cm³/mol. The molecule has 72 valence electrons. The summed E-state index contributed by atoms with van der Waals surface area (Å²) in [5.74, 6) is 0. The molecular weight excluding hydrogens is 176 g/mol. The standard InChI is InChI=1S/C11H12N2O/c1-8(7-14)13-11-6-12-10-5-3-2-4-9(10)11/h2-8,12-13H,1H3/t8-/m0/s1. The van der Waals surface area contributed by atoms with E-state index < -0.39 is 0 Å². The Balaban J connectivity index is 2.38. The normalized spacial score (nSPS) is 12.6. The van der Waals surface area contributed by atoms with Crippen molar-refractivity contribution in [3.63, 3.8) is 0 Å². The van der Waals surface area contributed by atoms with Gasteiger partial charge in [0.1, 0.15) is 6.29 Å². The van der Waals surface area contributed by atoms with E-state index >= 15 is 0 Å². The molecule has 0 radical (unpaired) electrons. The first-order valence-electron chi connectivity index (χ1n) is 4.59. The highest BCUT2D eigenvalue weighted by molar-refractivity contribution is 5.93. The summed E-state index contributed by atoms with van der Waals surface area (Å²) in [5.41, 5.74) is 2.05. The summed E-state index contributed by atoms with van der Waals surface area (Å²) in [6, 6.07) is 7.82. The number of hydrogen-bond acceptors (Lipinski definition) is 2. The van der Waals surface area contributed by atoms with E-state index in [1.807, 2.05) is 37.4 Å². The number of benzene rings is 1. The zero-order valence-electron chi connectivity index (χ0n) is 7.95. The molecule has 0 saturated carbocycles. The third kappa shape index (κ3) is 1.48. The molecule has 0 fully saturated rings. The maximum atomic E-state index is 10.5. The molecule has 1 aromatic heterocycles. The van der Waals surface area contributed by atoms with Crippen molar-refractivity contribution >= 4 is 22.9 Å². The van der Waals surface area contributed by atoms with Crippen molar-refractivity contribution in [1.29, 1.82) is 0 Å². The van der Waals surface area contributed by atoms with Gasteiger partial charge in [0, 0.05) is 17.1 Å². The number of aromatic amines is 1. The number of H-pyrrole nitrogens is 1. The summed E-state index contributed by atoms with van der Waals surface area (Å²) in [7, 11) is 0. The van der Waals surface area contributed by atoms with Gasteiger partial charge in [-0.05, 0) is 13.0 Å². The van der Waals surface area contributed by atoms with Gasteiger partial charge in [-0.3, -0.25) is 0 Å². The number of nitrogens with one attached hydrogen (secondary N) is 2. The summed E-state index contributed by atoms with van der Waals surface area (Å²) in [5, 5.41) is 4.23. The topological polar surface area (TPSA) is 44.9 Å². The first kappa shape index (κ1) is 8.81. The van der Waals surface area contributed by atoms with Crippen LogP contribution in [0.2, 0.25) is 0 Å². The number of carbonyl (C=O) groups excluding carboxylic acids is 1. The molecule has 1 aromatic carbocycles. The smallest absolute Gasteiger partial charge is 0.141 e. The number of fused-ring (bicyclic) bond motifs is 1. The number of rotatable bonds is 3. The van der Waals surface area contributed by atoms with E-state index in [9.17, 15) is 4.79 Å². The van der Waals surface area contributed by atoms with Crippen LogP contribution in [0.3, 0.4) is 0 Å². The molecule has 0 spiro atoms. The predicted octanol–water partition coefficient (Wildman–Crippen LogP) is 2.17. The Morgan fingerprint density at radius 1 is 1.43 bits per heavy atom. The first-order valence-corrected chi connectivity index (χ1v) is 4.59. The van der Waals surface area contributed by atoms with Gasteiger partial charge in [-0.15, -0.1) is 0 Å². The largest absolute Gasteiger partial charge is 0.374 e. The lowest BCUT2D eigenvalue weighted by Gasteiger charge is -2.06. The molecular formula is C11H12N2O. The fourth-order valence-corrected chi connectivity index (χ4v) is 1.47. The van der Waals surface area contributed by atoms with E-state index in [0.29, 0.717) is 0 Å². The van der Waals surface area contributed by atoms with E-state index in [4.69, 9.17) is 0 Å². The molecule has 0 aliphatic heterocycles. The molecule has 1 atom stereocenters. The lowest BCUT2D eigenvalue weighted by molar-refractivity contribution is -0.108. The molecule has 0 bridgehead atoms. The van der Waals surface area contributed by atoms with Crippen LogP contribution in [-0.4, -0.2) is 17.3 Å². The minimum Gasteiger partial charge on any atom is -0.374 e. The minimum atomic E-state index is -0.158. The molecule has 1 heterocycles. The van der Waals surface area contributed by atoms with Crippen LogP contribution in [0.4, 0.5) is 5.69 Å². The molecule has 0 unspecified atom stereocenters. The fourth-order valence-electron chi connectivity index (χ4n) is 1.47. The molecule has 3 heteroatoms. The highest BCUT2D eigenvalue weighted by Gasteiger charge is 2.04. The Labute approximate surface area is 82.1 Å². The molecule has 2 rings (SSSR count). The van der Waals surface area contributed by atoms with Crippen molar-refractivity contribution in [1.82, 2.24) is 4.98 Å². The average molecular weight is 188 g/mol. The van der Waals surface area contributed by atoms with Crippen LogP contribution in [0.15, 0.2) is 30.5 Å². The third-order valence-corrected chi connectivity index (χ3v) is 2.18. The molecule has 14 heavy (non-hydrogen) atoms. The zero-order valence-corrected chi connectivity index (χ0v) is 7.95. The van der Waals surface area contributed by atoms with Gasteiger partial charge in [-0.1, -0.05) is 18.2 Å². The summed E-state index contributed by atoms with van der Waals surface area (Å²) in [6.07, 6.45) is 2.77. The molecule has 2 aromatic rings. The average Bonchev–Trinajstić information content (AvgIpc) is 2.62. The van der Waals surface area contributed by atoms with E-state index in [1.54, 1.807) is 0 Å². The zero-order chi connectivity index (χ0) is 9.97. The number of para-hydroxylation sites is 1. The van der Waals surface area contributed by atoms with Crippen LogP contribution < -0.4 is 5.32 Å². The van der Waals surface area contributed by atoms with Crippen molar-refractivity contribution in [2.45, 2.75) is 13.0 Å². The SMILES string of the molecule is C[C@@H](C=O)Nc1c[nH]c2ccccc12. The summed E-state index contributed by atoms with van der Waals surface area (Å²) in [6.45, 7) is 1.83. The Hall–Kier alpha value is -1.77. The number of aldehydes is 1. The van der Waals surface area contributed by atoms with Gasteiger partial charge < -0.3 is 15.1 Å². The van der Waals surface area contributed by atoms with Crippen LogP contribution in [-0.2, 0) is 4.79 Å². The van der Waals surface area contributed by atoms with E-state index in [0.717, 1.165) is 22.9 Å². The van der Waals surface area contributed by atoms with Gasteiger partial charge in [-0.25, -0.2) is 0 Å². The quantitative estimate of drug-likeness (QED) is 0.725. The second-order valence-electron chi connectivity index (χ2n) is 3.32. The van der Waals surface area contributed by atoms with Crippen LogP contribution in [0, 0.1) is 0 Å². The van der Waals surface area contributed by atoms with Gasteiger partial charge in [0.25, 0.3) is 0 Å². The van der Waals surface area contributed by atoms with Crippen LogP contribution in [0.5, 0.6) is 0 Å². The number of hydrogen-bond donors (Lipinski definition) is 2. The van der Waals surface area contributed by atoms with Gasteiger partial charge in [0.05, 0.1) is 11.7 Å². The lowest BCUT2D eigenvalue weighted by atomic mass is 10.2. The van der Waals surface area contributed by atoms with Crippen molar-refractivity contribution in [2.75, 3.05) is 5.32 Å². The molecule has 0 amide bonds. The van der Waals surface area contributed by atoms with Crippen molar-refractivity contribution in [3.8, 4) is 0 Å². The summed E-state index contributed by atoms with van der Waals surface area (Å²) >= 11 is 0. The number of carbonyl (C=O) groups is 1. The molecule has 0 aliphatic rings. The number of aromatic nitrogens is 1. The van der Waals surface area contributed by atoms with Gasteiger partial charge >= 0.3 is 0 Å². The number of anilines is 1. The Kier molecular flexibility index (Phi) is 2.23. The molecule has 2 N–H and O–H groups in total. The Morgan fingerprint density at radius 3 is 3.00 bits per heavy atom. The lowest BCUT2D eigenvalue weighted by Crippen LogP contribution is -2.15. The third-order valence-electron chi connectivity index (χ3n) is 2.18. The van der Waals surface area contributed by atoms with Crippen molar-refractivity contribution in [2.24, 2.45) is 0 Å². The van der Waals surface area contributed by atoms with Gasteiger partial charge in [0.15, 0.2) is 0 Å². The van der Waals surface area contributed by atoms with E-state index in [2.05, 4.69) is 10.3 Å². The summed E-state index contributed by atoms with van der Waals surface area (Å²) < 4.78 is 0. The summed E-state index contributed by atoms with van der Waals surface area (Å²) in [4.78, 5) is 13.6. The first-order chi connectivity index (χ1) is 6.81. The molecule has 0 aliphatic carbocycles. The van der Waals surface area contributed by atoms with E-state index in [1.165, 1.54) is 0 Å². The fraction of sp³-hybridized carbons (Fsp3) is 0.182. The van der Waals surface area contributed by atoms with Crippen LogP contribution >= 0.6 is 0 Å². The van der Waals surface area contributed by atoms with Crippen LogP contribution in [0.1, 0.15) is 6.92 Å². The van der Waals surface area contributed by atoms with Gasteiger partial charge in [0.2, 0.25) is 0 Å². The Bertz CT molecular complexity index is 447. The van der Waals surface area contributed by atoms with E-state index in [-0.39, 0.29) is 6.04 Å². The monoisotopic (exact) mass is 188 g/mol. The maximum Gasteiger partial charge on any atom is 0.141 e. The van der Waals surface area contributed by atoms with Gasteiger partial charge in [-0.2, -0.15) is 0 Å². The van der Waals surface area contributed by atoms with Crippen LogP contribution in [0.25, 0.3) is 10.9 Å². The second kappa shape index (κ2) is 3.54. The van der Waals surface area contributed by atoms with Crippen molar-refractivity contribution in [3.05, 3.63) is 30.5 Å². The molecule has 3 nitrogen and oxygen atoms in total. The second-order valence-corrected chi connectivity index (χ2v) is 3.32. The maximum absolute atomic E-state index is 10.5. The highest BCUT2D eigenvalue weighted by Crippen LogP contribution is 2.22. The highest BCUT2D eigenvalue weighted by atomic mass is 16.1.